The zero-order chi connectivity index (χ0) is 7.82. The van der Waals surface area contributed by atoms with Crippen molar-refractivity contribution >= 4 is 0 Å². The fraction of sp³-hybridized carbons (Fsp3) is 0.750. The van der Waals surface area contributed by atoms with Crippen LogP contribution in [-0.2, 0) is 0 Å². The van der Waals surface area contributed by atoms with E-state index < -0.39 is 0 Å². The number of hydrogen-bond donors (Lipinski definition) is 2. The Kier molecular flexibility index (Phi) is 6.00. The average molecular weight is 141 g/mol. The van der Waals surface area contributed by atoms with Crippen molar-refractivity contribution in [1.82, 2.24) is 5.32 Å². The van der Waals surface area contributed by atoms with Crippen LogP contribution in [0.5, 0.6) is 0 Å². The van der Waals surface area contributed by atoms with Crippen LogP contribution in [-0.4, -0.2) is 18.7 Å². The summed E-state index contributed by atoms with van der Waals surface area (Å²) in [4.78, 5) is 0. The molecular formula is C8H15NO. The maximum Gasteiger partial charge on any atom is 0.107 e. The molecule has 1 atom stereocenters. The summed E-state index contributed by atoms with van der Waals surface area (Å²) in [6.45, 7) is 3.18. The van der Waals surface area contributed by atoms with Gasteiger partial charge in [-0.3, -0.25) is 0 Å². The fourth-order valence-corrected chi connectivity index (χ4v) is 0.825. The lowest BCUT2D eigenvalue weighted by atomic mass is 10.1. The lowest BCUT2D eigenvalue weighted by molar-refractivity contribution is 0.502. The Labute approximate surface area is 62.6 Å². The smallest absolute Gasteiger partial charge is 0.107 e. The summed E-state index contributed by atoms with van der Waals surface area (Å²) in [7, 11) is 1.94. The molecule has 0 bridgehead atoms. The Bertz CT molecular complexity index is 123. The molecule has 0 aliphatic heterocycles. The van der Waals surface area contributed by atoms with E-state index in [4.69, 9.17) is 5.11 Å². The minimum atomic E-state index is 0.644. The highest BCUT2D eigenvalue weighted by Gasteiger charge is 1.96. The molecule has 0 rings (SSSR count). The largest absolute Gasteiger partial charge is 0.462 e. The number of aliphatic hydroxyl groups excluding tert-OH is 1. The summed E-state index contributed by atoms with van der Waals surface area (Å²) < 4.78 is 0. The fourth-order valence-electron chi connectivity index (χ4n) is 0.825. The summed E-state index contributed by atoms with van der Waals surface area (Å²) >= 11 is 0. The highest BCUT2D eigenvalue weighted by atomic mass is 16.2. The van der Waals surface area contributed by atoms with Gasteiger partial charge in [-0.05, 0) is 25.9 Å². The zero-order valence-electron chi connectivity index (χ0n) is 6.65. The van der Waals surface area contributed by atoms with Crippen LogP contribution in [0.15, 0.2) is 0 Å². The van der Waals surface area contributed by atoms with Gasteiger partial charge < -0.3 is 10.4 Å². The summed E-state index contributed by atoms with van der Waals surface area (Å²) in [6, 6.07) is 0. The average Bonchev–Trinajstić information content (AvgIpc) is 1.89. The molecule has 2 N–H and O–H groups in total. The first-order chi connectivity index (χ1) is 4.81. The van der Waals surface area contributed by atoms with Crippen LogP contribution in [0.3, 0.4) is 0 Å². The number of aliphatic hydroxyl groups is 1. The van der Waals surface area contributed by atoms with E-state index in [1.165, 1.54) is 0 Å². The molecule has 0 amide bonds. The van der Waals surface area contributed by atoms with Gasteiger partial charge in [0.2, 0.25) is 0 Å². The van der Waals surface area contributed by atoms with Gasteiger partial charge in [-0.2, -0.15) is 0 Å². The Balaban J connectivity index is 3.18. The third kappa shape index (κ3) is 5.46. The molecule has 0 saturated heterocycles. The van der Waals surface area contributed by atoms with Gasteiger partial charge in [0.05, 0.1) is 0 Å². The normalized spacial score (nSPS) is 11.8. The van der Waals surface area contributed by atoms with Crippen LogP contribution >= 0.6 is 0 Å². The van der Waals surface area contributed by atoms with E-state index in [2.05, 4.69) is 18.2 Å². The first kappa shape index (κ1) is 9.32. The van der Waals surface area contributed by atoms with Crippen molar-refractivity contribution in [2.24, 2.45) is 5.92 Å². The molecule has 0 spiro atoms. The topological polar surface area (TPSA) is 32.3 Å². The molecule has 58 valence electrons. The van der Waals surface area contributed by atoms with E-state index in [1.807, 2.05) is 13.2 Å². The molecule has 0 aromatic heterocycles. The Morgan fingerprint density at radius 2 is 2.30 bits per heavy atom. The summed E-state index contributed by atoms with van der Waals surface area (Å²) in [6.07, 6.45) is 3.74. The van der Waals surface area contributed by atoms with Gasteiger partial charge in [0.25, 0.3) is 0 Å². The van der Waals surface area contributed by atoms with Gasteiger partial charge in [-0.1, -0.05) is 12.8 Å². The molecule has 2 nitrogen and oxygen atoms in total. The number of rotatable bonds is 4. The molecule has 0 aliphatic carbocycles. The van der Waals surface area contributed by atoms with E-state index in [1.54, 1.807) is 0 Å². The van der Waals surface area contributed by atoms with Gasteiger partial charge in [0.1, 0.15) is 6.11 Å². The second-order valence-electron chi connectivity index (χ2n) is 2.49. The molecule has 0 aromatic carbocycles. The molecular weight excluding hydrogens is 126 g/mol. The number of hydrogen-bond acceptors (Lipinski definition) is 2. The van der Waals surface area contributed by atoms with Crippen molar-refractivity contribution in [3.05, 3.63) is 0 Å². The predicted molar refractivity (Wildman–Crippen MR) is 42.0 cm³/mol. The SMILES string of the molecule is CNC[C@H](C)CCC#CO. The molecule has 0 unspecified atom stereocenters. The molecule has 0 radical (unpaired) electrons. The minimum Gasteiger partial charge on any atom is -0.462 e. The van der Waals surface area contributed by atoms with Crippen LogP contribution in [0.4, 0.5) is 0 Å². The standard InChI is InChI=1S/C8H15NO/c1-8(7-9-2)5-3-4-6-10/h8-10H,3,5,7H2,1-2H3/t8-/m1/s1. The maximum atomic E-state index is 8.13. The molecule has 0 heterocycles. The van der Waals surface area contributed by atoms with E-state index in [-0.39, 0.29) is 0 Å². The maximum absolute atomic E-state index is 8.13. The van der Waals surface area contributed by atoms with Crippen molar-refractivity contribution in [3.8, 4) is 12.0 Å². The third-order valence-electron chi connectivity index (χ3n) is 1.39. The van der Waals surface area contributed by atoms with Crippen molar-refractivity contribution < 1.29 is 5.11 Å². The first-order valence-electron chi connectivity index (χ1n) is 3.57. The van der Waals surface area contributed by atoms with Crippen LogP contribution in [0.2, 0.25) is 0 Å². The predicted octanol–water partition coefficient (Wildman–Crippen LogP) is 0.956. The van der Waals surface area contributed by atoms with Gasteiger partial charge in [-0.25, -0.2) is 0 Å². The van der Waals surface area contributed by atoms with E-state index in [0.29, 0.717) is 5.92 Å². The van der Waals surface area contributed by atoms with E-state index in [9.17, 15) is 0 Å². The minimum absolute atomic E-state index is 0.644. The summed E-state index contributed by atoms with van der Waals surface area (Å²) in [5, 5.41) is 11.2. The van der Waals surface area contributed by atoms with Gasteiger partial charge >= 0.3 is 0 Å². The summed E-state index contributed by atoms with van der Waals surface area (Å²) in [5.41, 5.74) is 0. The van der Waals surface area contributed by atoms with Crippen molar-refractivity contribution in [3.63, 3.8) is 0 Å². The molecule has 0 saturated carbocycles. The van der Waals surface area contributed by atoms with Crippen molar-refractivity contribution in [2.45, 2.75) is 19.8 Å². The molecule has 0 aromatic rings. The van der Waals surface area contributed by atoms with Crippen LogP contribution in [0.1, 0.15) is 19.8 Å². The first-order valence-corrected chi connectivity index (χ1v) is 3.57. The van der Waals surface area contributed by atoms with Crippen molar-refractivity contribution in [2.75, 3.05) is 13.6 Å². The van der Waals surface area contributed by atoms with Gasteiger partial charge in [-0.15, -0.1) is 0 Å². The van der Waals surface area contributed by atoms with Gasteiger partial charge in [0.15, 0.2) is 0 Å². The molecule has 0 aliphatic rings. The van der Waals surface area contributed by atoms with Gasteiger partial charge in [0, 0.05) is 6.42 Å². The Hall–Kier alpha value is -0.680. The second-order valence-corrected chi connectivity index (χ2v) is 2.49. The monoisotopic (exact) mass is 141 g/mol. The van der Waals surface area contributed by atoms with Crippen LogP contribution in [0.25, 0.3) is 0 Å². The quantitative estimate of drug-likeness (QED) is 0.571. The van der Waals surface area contributed by atoms with E-state index in [0.717, 1.165) is 19.4 Å². The van der Waals surface area contributed by atoms with Crippen molar-refractivity contribution in [1.29, 1.82) is 0 Å². The zero-order valence-corrected chi connectivity index (χ0v) is 6.65. The molecule has 2 heteroatoms. The Morgan fingerprint density at radius 1 is 1.60 bits per heavy atom. The molecule has 10 heavy (non-hydrogen) atoms. The summed E-state index contributed by atoms with van der Waals surface area (Å²) in [5.74, 6) is 3.26. The lowest BCUT2D eigenvalue weighted by Gasteiger charge is -2.06. The highest BCUT2D eigenvalue weighted by Crippen LogP contribution is 2.01. The Morgan fingerprint density at radius 3 is 2.80 bits per heavy atom. The third-order valence-corrected chi connectivity index (χ3v) is 1.39. The van der Waals surface area contributed by atoms with Crippen LogP contribution in [0, 0.1) is 17.9 Å². The lowest BCUT2D eigenvalue weighted by Crippen LogP contribution is -2.15. The van der Waals surface area contributed by atoms with Crippen LogP contribution < -0.4 is 5.32 Å². The number of nitrogens with one attached hydrogen (secondary N) is 1. The van der Waals surface area contributed by atoms with E-state index >= 15 is 0 Å². The molecule has 0 fully saturated rings. The second kappa shape index (κ2) is 6.44. The highest BCUT2D eigenvalue weighted by molar-refractivity contribution is 4.89.